The van der Waals surface area contributed by atoms with E-state index < -0.39 is 0 Å². The number of nitrogens with one attached hydrogen (secondary N) is 2. The van der Waals surface area contributed by atoms with Gasteiger partial charge in [-0.1, -0.05) is 0 Å². The van der Waals surface area contributed by atoms with Crippen LogP contribution in [-0.2, 0) is 17.9 Å². The van der Waals surface area contributed by atoms with E-state index in [0.717, 1.165) is 6.54 Å². The average Bonchev–Trinajstić information content (AvgIpc) is 2.53. The summed E-state index contributed by atoms with van der Waals surface area (Å²) in [5.41, 5.74) is 1.19. The lowest BCUT2D eigenvalue weighted by Crippen LogP contribution is -2.22. The molecule has 0 unspecified atom stereocenters. The van der Waals surface area contributed by atoms with Crippen molar-refractivity contribution >= 4 is 5.91 Å². The number of carbonyl (C=O) groups is 1. The van der Waals surface area contributed by atoms with Gasteiger partial charge >= 0.3 is 0 Å². The first-order chi connectivity index (χ1) is 6.26. The minimum absolute atomic E-state index is 0.0200. The van der Waals surface area contributed by atoms with Gasteiger partial charge in [-0.3, -0.25) is 4.79 Å². The number of hydrogen-bond acceptors (Lipinski definition) is 2. The lowest BCUT2D eigenvalue weighted by molar-refractivity contribution is -0.121. The van der Waals surface area contributed by atoms with Crippen LogP contribution in [0.5, 0.6) is 0 Å². The third-order valence-electron chi connectivity index (χ3n) is 1.80. The SMILES string of the molecule is CNCc1ccn(CC(=O)NC)c1. The molecule has 2 N–H and O–H groups in total. The number of likely N-dealkylation sites (N-methyl/N-ethyl adjacent to an activating group) is 1. The Morgan fingerprint density at radius 3 is 2.92 bits per heavy atom. The summed E-state index contributed by atoms with van der Waals surface area (Å²) in [4.78, 5) is 11.0. The van der Waals surface area contributed by atoms with Crippen molar-refractivity contribution < 1.29 is 4.79 Å². The predicted octanol–water partition coefficient (Wildman–Crippen LogP) is -0.0465. The smallest absolute Gasteiger partial charge is 0.239 e. The van der Waals surface area contributed by atoms with E-state index in [9.17, 15) is 4.79 Å². The molecule has 0 fully saturated rings. The lowest BCUT2D eigenvalue weighted by atomic mass is 10.3. The molecule has 1 heterocycles. The Labute approximate surface area is 77.9 Å². The molecule has 0 aliphatic heterocycles. The first kappa shape index (κ1) is 9.80. The van der Waals surface area contributed by atoms with Crippen molar-refractivity contribution in [1.82, 2.24) is 15.2 Å². The summed E-state index contributed by atoms with van der Waals surface area (Å²) >= 11 is 0. The van der Waals surface area contributed by atoms with Crippen molar-refractivity contribution in [3.05, 3.63) is 24.0 Å². The molecule has 0 aliphatic rings. The molecule has 72 valence electrons. The summed E-state index contributed by atoms with van der Waals surface area (Å²) in [6.45, 7) is 1.22. The minimum atomic E-state index is 0.0200. The average molecular weight is 181 g/mol. The highest BCUT2D eigenvalue weighted by Gasteiger charge is 1.99. The minimum Gasteiger partial charge on any atom is -0.358 e. The molecule has 0 saturated heterocycles. The van der Waals surface area contributed by atoms with E-state index in [2.05, 4.69) is 10.6 Å². The van der Waals surface area contributed by atoms with Crippen molar-refractivity contribution in [2.75, 3.05) is 14.1 Å². The van der Waals surface area contributed by atoms with Gasteiger partial charge in [-0.25, -0.2) is 0 Å². The normalized spacial score (nSPS) is 10.0. The first-order valence-electron chi connectivity index (χ1n) is 4.26. The van der Waals surface area contributed by atoms with Crippen LogP contribution in [0.25, 0.3) is 0 Å². The number of carbonyl (C=O) groups excluding carboxylic acids is 1. The third-order valence-corrected chi connectivity index (χ3v) is 1.80. The second-order valence-electron chi connectivity index (χ2n) is 2.90. The summed E-state index contributed by atoms with van der Waals surface area (Å²) in [5.74, 6) is 0.0200. The Hall–Kier alpha value is -1.29. The van der Waals surface area contributed by atoms with Gasteiger partial charge in [-0.15, -0.1) is 0 Å². The fourth-order valence-corrected chi connectivity index (χ4v) is 1.14. The van der Waals surface area contributed by atoms with Gasteiger partial charge in [0.15, 0.2) is 0 Å². The fraction of sp³-hybridized carbons (Fsp3) is 0.444. The van der Waals surface area contributed by atoms with Crippen LogP contribution >= 0.6 is 0 Å². The Bertz CT molecular complexity index is 280. The molecular formula is C9H15N3O. The maximum absolute atomic E-state index is 11.0. The number of aromatic nitrogens is 1. The number of amides is 1. The van der Waals surface area contributed by atoms with Crippen LogP contribution in [0.2, 0.25) is 0 Å². The maximum Gasteiger partial charge on any atom is 0.239 e. The van der Waals surface area contributed by atoms with Gasteiger partial charge in [0.25, 0.3) is 0 Å². The molecule has 13 heavy (non-hydrogen) atoms. The van der Waals surface area contributed by atoms with Gasteiger partial charge in [0, 0.05) is 26.0 Å². The van der Waals surface area contributed by atoms with Crippen molar-refractivity contribution in [1.29, 1.82) is 0 Å². The summed E-state index contributed by atoms with van der Waals surface area (Å²) in [6.07, 6.45) is 3.87. The van der Waals surface area contributed by atoms with E-state index in [1.165, 1.54) is 5.56 Å². The van der Waals surface area contributed by atoms with E-state index in [1.54, 1.807) is 7.05 Å². The van der Waals surface area contributed by atoms with Crippen molar-refractivity contribution in [3.63, 3.8) is 0 Å². The Morgan fingerprint density at radius 1 is 1.54 bits per heavy atom. The quantitative estimate of drug-likeness (QED) is 0.684. The van der Waals surface area contributed by atoms with Crippen LogP contribution < -0.4 is 10.6 Å². The predicted molar refractivity (Wildman–Crippen MR) is 51.3 cm³/mol. The zero-order valence-corrected chi connectivity index (χ0v) is 8.00. The van der Waals surface area contributed by atoms with Crippen LogP contribution in [0.4, 0.5) is 0 Å². The molecule has 1 amide bonds. The van der Waals surface area contributed by atoms with E-state index in [-0.39, 0.29) is 5.91 Å². The highest BCUT2D eigenvalue weighted by atomic mass is 16.1. The van der Waals surface area contributed by atoms with E-state index >= 15 is 0 Å². The third kappa shape index (κ3) is 2.91. The fourth-order valence-electron chi connectivity index (χ4n) is 1.14. The van der Waals surface area contributed by atoms with Crippen LogP contribution in [-0.4, -0.2) is 24.6 Å². The second-order valence-corrected chi connectivity index (χ2v) is 2.90. The molecule has 0 bridgehead atoms. The number of hydrogen-bond donors (Lipinski definition) is 2. The monoisotopic (exact) mass is 181 g/mol. The van der Waals surface area contributed by atoms with Crippen molar-refractivity contribution in [2.24, 2.45) is 0 Å². The summed E-state index contributed by atoms with van der Waals surface area (Å²) in [5, 5.41) is 5.63. The highest BCUT2D eigenvalue weighted by Crippen LogP contribution is 2.00. The van der Waals surface area contributed by atoms with Gasteiger partial charge in [-0.05, 0) is 18.7 Å². The van der Waals surface area contributed by atoms with Crippen molar-refractivity contribution in [2.45, 2.75) is 13.1 Å². The number of rotatable bonds is 4. The van der Waals surface area contributed by atoms with Crippen LogP contribution in [0.3, 0.4) is 0 Å². The van der Waals surface area contributed by atoms with Gasteiger partial charge < -0.3 is 15.2 Å². The first-order valence-corrected chi connectivity index (χ1v) is 4.26. The van der Waals surface area contributed by atoms with Crippen LogP contribution in [0, 0.1) is 0 Å². The highest BCUT2D eigenvalue weighted by molar-refractivity contribution is 5.75. The second kappa shape index (κ2) is 4.67. The zero-order chi connectivity index (χ0) is 9.68. The molecule has 0 aliphatic carbocycles. The van der Waals surface area contributed by atoms with Gasteiger partial charge in [-0.2, -0.15) is 0 Å². The summed E-state index contributed by atoms with van der Waals surface area (Å²) in [6, 6.07) is 2.00. The molecule has 1 rings (SSSR count). The molecule has 0 spiro atoms. The Balaban J connectivity index is 2.53. The molecule has 0 radical (unpaired) electrons. The van der Waals surface area contributed by atoms with E-state index in [1.807, 2.05) is 30.1 Å². The summed E-state index contributed by atoms with van der Waals surface area (Å²) < 4.78 is 1.87. The number of nitrogens with zero attached hydrogens (tertiary/aromatic N) is 1. The molecular weight excluding hydrogens is 166 g/mol. The molecule has 0 aromatic carbocycles. The largest absolute Gasteiger partial charge is 0.358 e. The van der Waals surface area contributed by atoms with E-state index in [4.69, 9.17) is 0 Å². The van der Waals surface area contributed by atoms with Gasteiger partial charge in [0.1, 0.15) is 6.54 Å². The molecule has 0 atom stereocenters. The molecule has 4 heteroatoms. The Kier molecular flexibility index (Phi) is 3.52. The van der Waals surface area contributed by atoms with Gasteiger partial charge in [0.2, 0.25) is 5.91 Å². The lowest BCUT2D eigenvalue weighted by Gasteiger charge is -2.00. The maximum atomic E-state index is 11.0. The van der Waals surface area contributed by atoms with Crippen LogP contribution in [0.1, 0.15) is 5.56 Å². The molecule has 0 saturated carbocycles. The van der Waals surface area contributed by atoms with Crippen molar-refractivity contribution in [3.8, 4) is 0 Å². The zero-order valence-electron chi connectivity index (χ0n) is 8.00. The standard InChI is InChI=1S/C9H15N3O/c1-10-5-8-3-4-12(6-8)7-9(13)11-2/h3-4,6,10H,5,7H2,1-2H3,(H,11,13). The molecule has 4 nitrogen and oxygen atoms in total. The topological polar surface area (TPSA) is 46.1 Å². The van der Waals surface area contributed by atoms with E-state index in [0.29, 0.717) is 6.54 Å². The summed E-state index contributed by atoms with van der Waals surface area (Å²) in [7, 11) is 3.54. The van der Waals surface area contributed by atoms with Gasteiger partial charge in [0.05, 0.1) is 0 Å². The molecule has 1 aromatic heterocycles. The van der Waals surface area contributed by atoms with Crippen LogP contribution in [0.15, 0.2) is 18.5 Å². The molecule has 1 aromatic rings. The Morgan fingerprint density at radius 2 is 2.31 bits per heavy atom.